The Balaban J connectivity index is 1.65. The van der Waals surface area contributed by atoms with Gasteiger partial charge in [0.15, 0.2) is 0 Å². The highest BCUT2D eigenvalue weighted by molar-refractivity contribution is 5.85. The quantitative estimate of drug-likeness (QED) is 0.414. The summed E-state index contributed by atoms with van der Waals surface area (Å²) in [6, 6.07) is 0. The Labute approximate surface area is 192 Å². The van der Waals surface area contributed by atoms with Crippen LogP contribution in [0.1, 0.15) is 120 Å². The first-order valence-electron chi connectivity index (χ1n) is 13.2. The minimum Gasteiger partial charge on any atom is -0.299 e. The Kier molecular flexibility index (Phi) is 5.71. The van der Waals surface area contributed by atoms with Crippen LogP contribution in [0.4, 0.5) is 0 Å². The fourth-order valence-corrected chi connectivity index (χ4v) is 9.57. The molecule has 0 radical (unpaired) electrons. The lowest BCUT2D eigenvalue weighted by atomic mass is 9.36. The van der Waals surface area contributed by atoms with Gasteiger partial charge in [0.05, 0.1) is 0 Å². The minimum atomic E-state index is -0.131. The molecule has 0 amide bonds. The van der Waals surface area contributed by atoms with Gasteiger partial charge in [-0.05, 0) is 113 Å². The van der Waals surface area contributed by atoms with Gasteiger partial charge in [-0.2, -0.15) is 0 Å². The molecule has 6 atom stereocenters. The van der Waals surface area contributed by atoms with Gasteiger partial charge in [0.2, 0.25) is 0 Å². The first-order chi connectivity index (χ1) is 14.4. The van der Waals surface area contributed by atoms with Crippen LogP contribution in [0.3, 0.4) is 0 Å². The van der Waals surface area contributed by atoms with E-state index in [4.69, 9.17) is 0 Å². The number of hydrogen-bond donors (Lipinski definition) is 0. The fourth-order valence-electron chi connectivity index (χ4n) is 9.57. The first kappa shape index (κ1) is 23.3. The maximum Gasteiger partial charge on any atom is 0.138 e. The number of Topliss-reactive ketones (excluding diaryl/α,β-unsaturated/α-hetero) is 1. The van der Waals surface area contributed by atoms with Crippen molar-refractivity contribution in [2.45, 2.75) is 120 Å². The number of allylic oxidation sites excluding steroid dienone is 4. The van der Waals surface area contributed by atoms with Crippen LogP contribution in [0, 0.1) is 39.4 Å². The van der Waals surface area contributed by atoms with E-state index in [9.17, 15) is 4.79 Å². The van der Waals surface area contributed by atoms with Crippen molar-refractivity contribution >= 4 is 5.78 Å². The van der Waals surface area contributed by atoms with Crippen LogP contribution in [-0.2, 0) is 4.79 Å². The first-order valence-corrected chi connectivity index (χ1v) is 13.2. The predicted octanol–water partition coefficient (Wildman–Crippen LogP) is 8.69. The van der Waals surface area contributed by atoms with Crippen LogP contribution in [0.15, 0.2) is 22.8 Å². The molecule has 0 spiro atoms. The van der Waals surface area contributed by atoms with Crippen LogP contribution < -0.4 is 0 Å². The average Bonchev–Trinajstić information content (AvgIpc) is 3.03. The highest BCUT2D eigenvalue weighted by Gasteiger charge is 2.67. The summed E-state index contributed by atoms with van der Waals surface area (Å²) in [5, 5.41) is 0. The summed E-state index contributed by atoms with van der Waals surface area (Å²) in [6.45, 7) is 19.3. The number of carbonyl (C=O) groups excluding carboxylic acids is 1. The molecule has 0 aromatic carbocycles. The van der Waals surface area contributed by atoms with E-state index in [0.717, 1.165) is 24.7 Å². The fraction of sp³-hybridized carbons (Fsp3) is 0.833. The van der Waals surface area contributed by atoms with Gasteiger partial charge in [-0.1, -0.05) is 57.4 Å². The standard InChI is InChI=1S/C30H48O/c1-20(2)10-9-11-21(3)22-14-18-29(7)23(22)12-13-25-28(6)17-16-26(31)27(4,5)24(28)15-19-30(25,29)8/h10,23-25H,9,11-19H2,1-8H3/b22-21-/t23-,24-,25-,28-,29-,30-/m0/s1. The van der Waals surface area contributed by atoms with E-state index in [2.05, 4.69) is 61.5 Å². The number of rotatable bonds is 3. The topological polar surface area (TPSA) is 17.1 Å². The molecule has 0 unspecified atom stereocenters. The summed E-state index contributed by atoms with van der Waals surface area (Å²) >= 11 is 0. The zero-order chi connectivity index (χ0) is 22.8. The van der Waals surface area contributed by atoms with Crippen LogP contribution in [0.5, 0.6) is 0 Å². The normalized spacial score (nSPS) is 45.4. The number of fused-ring (bicyclic) bond motifs is 5. The zero-order valence-electron chi connectivity index (χ0n) is 21.8. The Morgan fingerprint density at radius 1 is 0.871 bits per heavy atom. The molecule has 0 aromatic heterocycles. The summed E-state index contributed by atoms with van der Waals surface area (Å²) in [5.41, 5.74) is 6.02. The summed E-state index contributed by atoms with van der Waals surface area (Å²) in [6.07, 6.45) is 14.8. The van der Waals surface area contributed by atoms with E-state index in [0.29, 0.717) is 27.9 Å². The van der Waals surface area contributed by atoms with Crippen molar-refractivity contribution in [2.24, 2.45) is 39.4 Å². The molecule has 4 saturated carbocycles. The molecule has 4 aliphatic rings. The van der Waals surface area contributed by atoms with E-state index in [-0.39, 0.29) is 5.41 Å². The smallest absolute Gasteiger partial charge is 0.138 e. The van der Waals surface area contributed by atoms with Crippen molar-refractivity contribution < 1.29 is 4.79 Å². The van der Waals surface area contributed by atoms with Gasteiger partial charge in [-0.25, -0.2) is 0 Å². The second-order valence-corrected chi connectivity index (χ2v) is 13.4. The molecule has 1 nitrogen and oxygen atoms in total. The van der Waals surface area contributed by atoms with Crippen LogP contribution in [0.2, 0.25) is 0 Å². The Morgan fingerprint density at radius 2 is 1.58 bits per heavy atom. The Bertz CT molecular complexity index is 808. The van der Waals surface area contributed by atoms with Crippen molar-refractivity contribution in [2.75, 3.05) is 0 Å². The molecule has 0 aliphatic heterocycles. The van der Waals surface area contributed by atoms with E-state index in [1.54, 1.807) is 5.57 Å². The predicted molar refractivity (Wildman–Crippen MR) is 132 cm³/mol. The molecule has 4 aliphatic carbocycles. The van der Waals surface area contributed by atoms with E-state index < -0.39 is 0 Å². The third-order valence-corrected chi connectivity index (χ3v) is 11.6. The summed E-state index contributed by atoms with van der Waals surface area (Å²) in [7, 11) is 0. The summed E-state index contributed by atoms with van der Waals surface area (Å²) in [5.74, 6) is 2.66. The number of carbonyl (C=O) groups is 1. The van der Waals surface area contributed by atoms with Crippen molar-refractivity contribution in [3.63, 3.8) is 0 Å². The molecule has 4 fully saturated rings. The van der Waals surface area contributed by atoms with Crippen molar-refractivity contribution in [1.82, 2.24) is 0 Å². The van der Waals surface area contributed by atoms with Gasteiger partial charge >= 0.3 is 0 Å². The van der Waals surface area contributed by atoms with Crippen LogP contribution in [0.25, 0.3) is 0 Å². The lowest BCUT2D eigenvalue weighted by Crippen LogP contribution is -2.63. The van der Waals surface area contributed by atoms with Crippen LogP contribution >= 0.6 is 0 Å². The molecule has 1 heteroatoms. The monoisotopic (exact) mass is 424 g/mol. The third-order valence-electron chi connectivity index (χ3n) is 11.6. The average molecular weight is 425 g/mol. The number of hydrogen-bond acceptors (Lipinski definition) is 1. The van der Waals surface area contributed by atoms with Gasteiger partial charge in [0, 0.05) is 11.8 Å². The maximum absolute atomic E-state index is 12.8. The Morgan fingerprint density at radius 3 is 2.26 bits per heavy atom. The van der Waals surface area contributed by atoms with Crippen LogP contribution in [-0.4, -0.2) is 5.78 Å². The van der Waals surface area contributed by atoms with Gasteiger partial charge in [0.1, 0.15) is 5.78 Å². The molecule has 0 heterocycles. The molecule has 4 rings (SSSR count). The third kappa shape index (κ3) is 3.26. The molecule has 0 aromatic rings. The molecule has 31 heavy (non-hydrogen) atoms. The molecular formula is C30H48O. The molecule has 0 saturated heterocycles. The number of ketones is 1. The SMILES string of the molecule is CC(C)=CCC/C(C)=C1/CC[C@@]2(C)[C@H]1CC[C@H]1[C@@]3(C)CCC(=O)C(C)(C)[C@@H]3CC[C@@]12C. The van der Waals surface area contributed by atoms with Gasteiger partial charge < -0.3 is 0 Å². The van der Waals surface area contributed by atoms with Crippen molar-refractivity contribution in [3.05, 3.63) is 22.8 Å². The molecule has 0 N–H and O–H groups in total. The summed E-state index contributed by atoms with van der Waals surface area (Å²) < 4.78 is 0. The summed E-state index contributed by atoms with van der Waals surface area (Å²) in [4.78, 5) is 12.8. The lowest BCUT2D eigenvalue weighted by molar-refractivity contribution is -0.197. The second-order valence-electron chi connectivity index (χ2n) is 13.4. The van der Waals surface area contributed by atoms with Gasteiger partial charge in [-0.3, -0.25) is 4.79 Å². The van der Waals surface area contributed by atoms with Crippen molar-refractivity contribution in [1.29, 1.82) is 0 Å². The minimum absolute atomic E-state index is 0.131. The zero-order valence-corrected chi connectivity index (χ0v) is 21.8. The van der Waals surface area contributed by atoms with Crippen molar-refractivity contribution in [3.8, 4) is 0 Å². The van der Waals surface area contributed by atoms with E-state index in [1.165, 1.54) is 56.9 Å². The highest BCUT2D eigenvalue weighted by atomic mass is 16.1. The van der Waals surface area contributed by atoms with E-state index >= 15 is 0 Å². The highest BCUT2D eigenvalue weighted by Crippen LogP contribution is 2.75. The Hall–Kier alpha value is -0.850. The maximum atomic E-state index is 12.8. The lowest BCUT2D eigenvalue weighted by Gasteiger charge is -2.68. The van der Waals surface area contributed by atoms with E-state index in [1.807, 2.05) is 5.57 Å². The molecule has 0 bridgehead atoms. The molecular weight excluding hydrogens is 376 g/mol. The molecule has 174 valence electrons. The second kappa shape index (κ2) is 7.59. The largest absolute Gasteiger partial charge is 0.299 e. The van der Waals surface area contributed by atoms with Gasteiger partial charge in [0.25, 0.3) is 0 Å². The van der Waals surface area contributed by atoms with Gasteiger partial charge in [-0.15, -0.1) is 0 Å².